The molecule has 0 atom stereocenters. The van der Waals surface area contributed by atoms with Gasteiger partial charge in [-0.2, -0.15) is 0 Å². The third-order valence-corrected chi connectivity index (χ3v) is 30.4. The van der Waals surface area contributed by atoms with E-state index in [0.29, 0.717) is 0 Å². The Balaban J connectivity index is 4.28. The van der Waals surface area contributed by atoms with Gasteiger partial charge < -0.3 is 13.9 Å². The molecule has 30 heavy (non-hydrogen) atoms. The fourth-order valence-corrected chi connectivity index (χ4v) is 40.5. The first kappa shape index (κ1) is 28.6. The van der Waals surface area contributed by atoms with Crippen molar-refractivity contribution in [2.45, 2.75) is 155 Å². The summed E-state index contributed by atoms with van der Waals surface area (Å²) in [6, 6.07) is 0. The molecule has 1 aliphatic rings. The van der Waals surface area contributed by atoms with Crippen LogP contribution < -0.4 is 13.9 Å². The third-order valence-electron chi connectivity index (χ3n) is 7.88. The van der Waals surface area contributed by atoms with Crippen molar-refractivity contribution in [1.29, 1.82) is 0 Å². The minimum absolute atomic E-state index is 0.177. The lowest BCUT2D eigenvalue weighted by Crippen LogP contribution is -3.00. The van der Waals surface area contributed by atoms with Crippen molar-refractivity contribution < 1.29 is 0 Å². The quantitative estimate of drug-likeness (QED) is 0.314. The van der Waals surface area contributed by atoms with Crippen LogP contribution in [0, 0.1) is 0 Å². The third kappa shape index (κ3) is 4.11. The molecule has 0 saturated carbocycles. The number of hydrogen-bond acceptors (Lipinski definition) is 3. The van der Waals surface area contributed by atoms with Crippen LogP contribution in [0.4, 0.5) is 0 Å². The number of nitrogens with one attached hydrogen (secondary N) is 3. The van der Waals surface area contributed by atoms with Gasteiger partial charge in [0.25, 0.3) is 0 Å². The van der Waals surface area contributed by atoms with Gasteiger partial charge in [-0.05, 0) is 30.2 Å². The van der Waals surface area contributed by atoms with Gasteiger partial charge in [0.05, 0.1) is 0 Å². The second-order valence-electron chi connectivity index (χ2n) is 16.1. The molecule has 0 aliphatic carbocycles. The summed E-state index contributed by atoms with van der Waals surface area (Å²) in [6.07, 6.45) is 0. The first-order valence-corrected chi connectivity index (χ1v) is 18.0. The smallest absolute Gasteiger partial charge is 0.201 e. The minimum Gasteiger partial charge on any atom is -0.334 e. The summed E-state index contributed by atoms with van der Waals surface area (Å²) in [6.45, 7) is 44.8. The Morgan fingerprint density at radius 1 is 0.267 bits per heavy atom. The molecule has 3 N–H and O–H groups in total. The fourth-order valence-electron chi connectivity index (χ4n) is 6.56. The van der Waals surface area contributed by atoms with Crippen LogP contribution in [0.3, 0.4) is 0 Å². The molecular weight excluding hydrogens is 415 g/mol. The predicted octanol–water partition coefficient (Wildman–Crippen LogP) is 7.90. The summed E-state index contributed by atoms with van der Waals surface area (Å²) in [7, 11) is -6.70. The molecule has 0 aromatic rings. The zero-order valence-electron chi connectivity index (χ0n) is 24.0. The van der Waals surface area contributed by atoms with Gasteiger partial charge in [-0.1, -0.05) is 125 Å². The lowest BCUT2D eigenvalue weighted by molar-refractivity contribution is 0.500. The molecule has 1 rings (SSSR count). The average Bonchev–Trinajstić information content (AvgIpc) is 2.39. The van der Waals surface area contributed by atoms with Crippen LogP contribution in [0.15, 0.2) is 0 Å². The maximum atomic E-state index is 4.63. The zero-order chi connectivity index (χ0) is 24.6. The van der Waals surface area contributed by atoms with E-state index in [1.165, 1.54) is 0 Å². The van der Waals surface area contributed by atoms with Gasteiger partial charge >= 0.3 is 0 Å². The summed E-state index contributed by atoms with van der Waals surface area (Å²) in [5.41, 5.74) is 0. The second kappa shape index (κ2) is 7.26. The summed E-state index contributed by atoms with van der Waals surface area (Å²) >= 11 is 0. The normalized spacial score (nSPS) is 23.4. The Bertz CT molecular complexity index is 485. The second-order valence-corrected chi connectivity index (χ2v) is 32.6. The van der Waals surface area contributed by atoms with Gasteiger partial charge in [-0.3, -0.25) is 0 Å². The highest BCUT2D eigenvalue weighted by atomic mass is 28.5. The Kier molecular flexibility index (Phi) is 6.91. The van der Waals surface area contributed by atoms with Gasteiger partial charge in [0, 0.05) is 0 Å². The molecule has 0 amide bonds. The zero-order valence-corrected chi connectivity index (χ0v) is 27.0. The largest absolute Gasteiger partial charge is 0.334 e. The van der Waals surface area contributed by atoms with Crippen LogP contribution in [0.1, 0.15) is 125 Å². The minimum atomic E-state index is -2.23. The van der Waals surface area contributed by atoms with Crippen molar-refractivity contribution in [2.75, 3.05) is 0 Å². The highest BCUT2D eigenvalue weighted by Crippen LogP contribution is 2.61. The molecule has 180 valence electrons. The molecule has 1 saturated heterocycles. The van der Waals surface area contributed by atoms with E-state index >= 15 is 0 Å². The van der Waals surface area contributed by atoms with Crippen LogP contribution in [-0.2, 0) is 0 Å². The number of hydrogen-bond donors (Lipinski definition) is 3. The average molecular weight is 472 g/mol. The summed E-state index contributed by atoms with van der Waals surface area (Å²) in [4.78, 5) is 0. The van der Waals surface area contributed by atoms with Gasteiger partial charge in [0.1, 0.15) is 0 Å². The van der Waals surface area contributed by atoms with Crippen LogP contribution in [0.2, 0.25) is 30.2 Å². The van der Waals surface area contributed by atoms with Gasteiger partial charge in [-0.25, -0.2) is 0 Å². The van der Waals surface area contributed by atoms with E-state index in [4.69, 9.17) is 0 Å². The highest BCUT2D eigenvalue weighted by molar-refractivity contribution is 7.11. The first-order chi connectivity index (χ1) is 12.6. The molecule has 0 radical (unpaired) electrons. The lowest BCUT2D eigenvalue weighted by Gasteiger charge is -2.73. The lowest BCUT2D eigenvalue weighted by atomic mass is 10.2. The maximum Gasteiger partial charge on any atom is 0.201 e. The molecule has 6 heteroatoms. The maximum absolute atomic E-state index is 4.63. The van der Waals surface area contributed by atoms with Crippen LogP contribution in [0.5, 0.6) is 0 Å². The molecule has 0 spiro atoms. The van der Waals surface area contributed by atoms with Crippen molar-refractivity contribution in [1.82, 2.24) is 13.9 Å². The van der Waals surface area contributed by atoms with E-state index in [1.807, 2.05) is 0 Å². The predicted molar refractivity (Wildman–Crippen MR) is 145 cm³/mol. The van der Waals surface area contributed by atoms with Crippen LogP contribution >= 0.6 is 0 Å². The molecule has 0 unspecified atom stereocenters. The molecular formula is C24H57N3Si3. The van der Waals surface area contributed by atoms with Crippen LogP contribution in [0.25, 0.3) is 0 Å². The van der Waals surface area contributed by atoms with Crippen molar-refractivity contribution >= 4 is 25.2 Å². The van der Waals surface area contributed by atoms with E-state index in [1.54, 1.807) is 0 Å². The Labute approximate surface area is 193 Å². The molecule has 1 fully saturated rings. The first-order valence-electron chi connectivity index (χ1n) is 12.0. The topological polar surface area (TPSA) is 36.1 Å². The van der Waals surface area contributed by atoms with E-state index < -0.39 is 25.2 Å². The molecule has 3 nitrogen and oxygen atoms in total. The Hall–Kier alpha value is 0.531. The molecule has 0 bridgehead atoms. The van der Waals surface area contributed by atoms with E-state index in [9.17, 15) is 0 Å². The summed E-state index contributed by atoms with van der Waals surface area (Å²) < 4.78 is 13.9. The van der Waals surface area contributed by atoms with Crippen molar-refractivity contribution in [3.05, 3.63) is 0 Å². The molecule has 1 heterocycles. The van der Waals surface area contributed by atoms with Gasteiger partial charge in [0.2, 0.25) is 25.2 Å². The SMILES string of the molecule is CC(C)(C)[Si]1(C(C)(C)C)N[Si](C(C)(C)C)(C(C)(C)C)N[Si](C(C)(C)C)(C(C)(C)C)N1. The highest BCUT2D eigenvalue weighted by Gasteiger charge is 2.74. The summed E-state index contributed by atoms with van der Waals surface area (Å²) in [5.74, 6) is 0. The Morgan fingerprint density at radius 3 is 0.433 bits per heavy atom. The monoisotopic (exact) mass is 471 g/mol. The number of rotatable bonds is 0. The van der Waals surface area contributed by atoms with Crippen molar-refractivity contribution in [2.24, 2.45) is 0 Å². The van der Waals surface area contributed by atoms with E-state index in [0.717, 1.165) is 0 Å². The molecule has 1 aliphatic heterocycles. The van der Waals surface area contributed by atoms with Crippen molar-refractivity contribution in [3.63, 3.8) is 0 Å². The Morgan fingerprint density at radius 2 is 0.367 bits per heavy atom. The van der Waals surface area contributed by atoms with E-state index in [-0.39, 0.29) is 30.2 Å². The van der Waals surface area contributed by atoms with E-state index in [2.05, 4.69) is 139 Å². The fraction of sp³-hybridized carbons (Fsp3) is 1.00. The summed E-state index contributed by atoms with van der Waals surface area (Å²) in [5, 5.41) is 1.06. The van der Waals surface area contributed by atoms with Crippen LogP contribution in [-0.4, -0.2) is 25.2 Å². The van der Waals surface area contributed by atoms with Gasteiger partial charge in [-0.15, -0.1) is 0 Å². The van der Waals surface area contributed by atoms with Gasteiger partial charge in [0.15, 0.2) is 0 Å². The molecule has 0 aromatic carbocycles. The van der Waals surface area contributed by atoms with Crippen molar-refractivity contribution in [3.8, 4) is 0 Å². The molecule has 0 aromatic heterocycles. The standard InChI is InChI=1S/C24H57N3Si3/c1-19(2,3)28(20(4,5)6)25-29(21(7,8)9,22(10,11)12)27-30(26-28,23(13,14)15)24(16,17)18/h25-27H,1-18H3.